The second kappa shape index (κ2) is 13.6. The van der Waals surface area contributed by atoms with Crippen molar-refractivity contribution in [2.75, 3.05) is 13.2 Å². The molecular weight excluding hydrogens is 520 g/mol. The van der Waals surface area contributed by atoms with Crippen LogP contribution in [0.25, 0.3) is 0 Å². The number of carbonyl (C=O) groups excluding carboxylic acids is 1. The number of aliphatic hydroxyl groups is 1. The van der Waals surface area contributed by atoms with Crippen molar-refractivity contribution in [2.45, 2.75) is 96.6 Å². The van der Waals surface area contributed by atoms with Gasteiger partial charge in [0.2, 0.25) is 0 Å². The second-order valence-corrected chi connectivity index (χ2v) is 17.6. The van der Waals surface area contributed by atoms with E-state index in [0.29, 0.717) is 38.0 Å². The van der Waals surface area contributed by atoms with Crippen molar-refractivity contribution in [3.05, 3.63) is 83.5 Å². The maximum absolute atomic E-state index is 12.7. The molecule has 3 rings (SSSR count). The number of cyclic esters (lactones) is 1. The van der Waals surface area contributed by atoms with Crippen molar-refractivity contribution in [2.24, 2.45) is 5.92 Å². The van der Waals surface area contributed by atoms with Gasteiger partial charge in [0.1, 0.15) is 6.10 Å². The summed E-state index contributed by atoms with van der Waals surface area (Å²) >= 11 is 0. The fraction of sp³-hybridized carbons (Fsp3) is 0.545. The normalized spacial score (nSPS) is 23.9. The second-order valence-electron chi connectivity index (χ2n) is 12.8. The molecule has 1 fully saturated rings. The van der Waals surface area contributed by atoms with Crippen LogP contribution in [0.4, 0.5) is 0 Å². The Kier molecular flexibility index (Phi) is 10.9. The molecule has 1 aromatic carbocycles. The van der Waals surface area contributed by atoms with Crippen LogP contribution in [0.5, 0.6) is 0 Å². The van der Waals surface area contributed by atoms with Gasteiger partial charge in [-0.2, -0.15) is 0 Å². The van der Waals surface area contributed by atoms with Gasteiger partial charge < -0.3 is 23.7 Å². The molecule has 1 N–H and O–H groups in total. The predicted molar refractivity (Wildman–Crippen MR) is 162 cm³/mol. The highest BCUT2D eigenvalue weighted by atomic mass is 28.4. The SMILES string of the molecule is C=C1COC(c2ccccc2)OC1C[C@H](CC(O)C1=C[C@@H](C/C(C)=C/CO[Si](C)(C)C(C)(C)C)OC1=O)C(=C)C. The molecule has 3 unspecified atom stereocenters. The summed E-state index contributed by atoms with van der Waals surface area (Å²) in [6, 6.07) is 9.81. The molecule has 40 heavy (non-hydrogen) atoms. The topological polar surface area (TPSA) is 74.2 Å². The molecule has 5 atom stereocenters. The van der Waals surface area contributed by atoms with E-state index in [2.05, 4.69) is 53.1 Å². The van der Waals surface area contributed by atoms with Crippen LogP contribution in [-0.2, 0) is 23.4 Å². The molecular formula is C33H48O6Si. The first-order valence-corrected chi connectivity index (χ1v) is 17.1. The van der Waals surface area contributed by atoms with Gasteiger partial charge in [0.05, 0.1) is 31.0 Å². The van der Waals surface area contributed by atoms with Crippen LogP contribution in [0.3, 0.4) is 0 Å². The van der Waals surface area contributed by atoms with Crippen LogP contribution in [0.2, 0.25) is 18.1 Å². The molecule has 0 spiro atoms. The van der Waals surface area contributed by atoms with E-state index in [0.717, 1.165) is 22.3 Å². The van der Waals surface area contributed by atoms with Crippen LogP contribution in [0.1, 0.15) is 65.7 Å². The zero-order valence-electron chi connectivity index (χ0n) is 25.4. The van der Waals surface area contributed by atoms with Gasteiger partial charge in [-0.1, -0.05) is 81.5 Å². The summed E-state index contributed by atoms with van der Waals surface area (Å²) in [5, 5.41) is 11.2. The number of benzene rings is 1. The van der Waals surface area contributed by atoms with Gasteiger partial charge in [0.15, 0.2) is 14.6 Å². The lowest BCUT2D eigenvalue weighted by atomic mass is 9.85. The van der Waals surface area contributed by atoms with E-state index in [1.54, 1.807) is 6.08 Å². The third-order valence-electron chi connectivity index (χ3n) is 8.36. The highest BCUT2D eigenvalue weighted by Gasteiger charge is 2.37. The van der Waals surface area contributed by atoms with Crippen molar-refractivity contribution in [1.82, 2.24) is 0 Å². The molecule has 1 saturated heterocycles. The maximum atomic E-state index is 12.7. The number of carbonyl (C=O) groups is 1. The number of hydrogen-bond acceptors (Lipinski definition) is 6. The molecule has 0 radical (unpaired) electrons. The fourth-order valence-corrected chi connectivity index (χ4v) is 5.52. The van der Waals surface area contributed by atoms with E-state index in [1.807, 2.05) is 44.2 Å². The molecule has 0 saturated carbocycles. The molecule has 0 amide bonds. The minimum absolute atomic E-state index is 0.0758. The van der Waals surface area contributed by atoms with Crippen LogP contribution in [0, 0.1) is 5.92 Å². The first-order chi connectivity index (χ1) is 18.7. The van der Waals surface area contributed by atoms with E-state index in [4.69, 9.17) is 18.6 Å². The molecule has 1 aromatic rings. The third-order valence-corrected chi connectivity index (χ3v) is 12.9. The summed E-state index contributed by atoms with van der Waals surface area (Å²) in [6.45, 7) is 24.3. The molecule has 2 aliphatic heterocycles. The van der Waals surface area contributed by atoms with Crippen molar-refractivity contribution >= 4 is 14.3 Å². The lowest BCUT2D eigenvalue weighted by Gasteiger charge is -2.35. The number of aliphatic hydroxyl groups excluding tert-OH is 1. The molecule has 2 heterocycles. The Bertz CT molecular complexity index is 1110. The van der Waals surface area contributed by atoms with E-state index in [-0.39, 0.29) is 17.1 Å². The number of rotatable bonds is 12. The van der Waals surface area contributed by atoms with Gasteiger partial charge in [0, 0.05) is 12.0 Å². The lowest BCUT2D eigenvalue weighted by Crippen LogP contribution is -2.40. The Morgan fingerprint density at radius 3 is 2.52 bits per heavy atom. The van der Waals surface area contributed by atoms with E-state index in [1.165, 1.54) is 0 Å². The Labute approximate surface area is 241 Å². The molecule has 220 valence electrons. The van der Waals surface area contributed by atoms with Gasteiger partial charge in [-0.25, -0.2) is 4.79 Å². The minimum Gasteiger partial charge on any atom is -0.454 e. The highest BCUT2D eigenvalue weighted by Crippen LogP contribution is 2.37. The first kappa shape index (κ1) is 32.2. The van der Waals surface area contributed by atoms with E-state index in [9.17, 15) is 9.90 Å². The lowest BCUT2D eigenvalue weighted by molar-refractivity contribution is -0.195. The van der Waals surface area contributed by atoms with Gasteiger partial charge in [-0.05, 0) is 62.4 Å². The number of allylic oxidation sites excluding steroid dienone is 1. The smallest absolute Gasteiger partial charge is 0.337 e. The van der Waals surface area contributed by atoms with Crippen molar-refractivity contribution in [3.8, 4) is 0 Å². The predicted octanol–water partition coefficient (Wildman–Crippen LogP) is 7.20. The summed E-state index contributed by atoms with van der Waals surface area (Å²) in [5.74, 6) is -0.535. The fourth-order valence-electron chi connectivity index (χ4n) is 4.59. The zero-order chi connectivity index (χ0) is 29.7. The molecule has 0 bridgehead atoms. The summed E-state index contributed by atoms with van der Waals surface area (Å²) < 4.78 is 24.0. The minimum atomic E-state index is -1.82. The molecule has 6 nitrogen and oxygen atoms in total. The quantitative estimate of drug-likeness (QED) is 0.163. The monoisotopic (exact) mass is 568 g/mol. The standard InChI is InChI=1S/C33H48O6Si/c1-22(2)26(19-30-24(4)21-36-32(39-30)25-13-11-10-12-14-25)18-29(34)28-20-27(38-31(28)35)17-23(3)15-16-37-40(8,9)33(5,6)7/h10-15,20,26-27,29-30,32,34H,1,4,16-19,21H2,2-3,5-9H3/b23-15+/t26-,27+,29?,30?,32?/m0/s1. The number of ether oxygens (including phenoxy) is 3. The van der Waals surface area contributed by atoms with Crippen molar-refractivity contribution < 1.29 is 28.5 Å². The van der Waals surface area contributed by atoms with Crippen LogP contribution in [0.15, 0.2) is 77.9 Å². The Morgan fingerprint density at radius 2 is 1.90 bits per heavy atom. The molecule has 7 heteroatoms. The average molecular weight is 569 g/mol. The Morgan fingerprint density at radius 1 is 1.23 bits per heavy atom. The highest BCUT2D eigenvalue weighted by molar-refractivity contribution is 6.74. The molecule has 2 aliphatic rings. The summed E-state index contributed by atoms with van der Waals surface area (Å²) in [7, 11) is -1.82. The third kappa shape index (κ3) is 8.60. The molecule has 0 aliphatic carbocycles. The number of esters is 1. The van der Waals surface area contributed by atoms with Gasteiger partial charge in [0.25, 0.3) is 0 Å². The van der Waals surface area contributed by atoms with E-state index >= 15 is 0 Å². The van der Waals surface area contributed by atoms with Crippen LogP contribution >= 0.6 is 0 Å². The van der Waals surface area contributed by atoms with Crippen LogP contribution in [-0.4, -0.2) is 50.9 Å². The van der Waals surface area contributed by atoms with Crippen molar-refractivity contribution in [1.29, 1.82) is 0 Å². The van der Waals surface area contributed by atoms with Gasteiger partial charge in [-0.3, -0.25) is 0 Å². The average Bonchev–Trinajstić information content (AvgIpc) is 3.24. The zero-order valence-corrected chi connectivity index (χ0v) is 26.4. The summed E-state index contributed by atoms with van der Waals surface area (Å²) in [4.78, 5) is 12.7. The Balaban J connectivity index is 1.59. The maximum Gasteiger partial charge on any atom is 0.337 e. The van der Waals surface area contributed by atoms with Gasteiger partial charge in [-0.15, -0.1) is 0 Å². The van der Waals surface area contributed by atoms with Crippen LogP contribution < -0.4 is 0 Å². The Hall–Kier alpha value is -2.29. The summed E-state index contributed by atoms with van der Waals surface area (Å²) in [6.07, 6.45) is 3.29. The number of hydrogen-bond donors (Lipinski definition) is 1. The summed E-state index contributed by atoms with van der Waals surface area (Å²) in [5.41, 5.74) is 4.13. The molecule has 0 aromatic heterocycles. The van der Waals surface area contributed by atoms with E-state index < -0.39 is 32.8 Å². The van der Waals surface area contributed by atoms with Gasteiger partial charge >= 0.3 is 5.97 Å². The largest absolute Gasteiger partial charge is 0.454 e. The van der Waals surface area contributed by atoms with Crippen molar-refractivity contribution in [3.63, 3.8) is 0 Å². The first-order valence-electron chi connectivity index (χ1n) is 14.2.